The number of carbonyl (C=O) groups is 1. The Morgan fingerprint density at radius 3 is 2.76 bits per heavy atom. The molecule has 1 atom stereocenters. The summed E-state index contributed by atoms with van der Waals surface area (Å²) in [5, 5.41) is 8.30. The number of aromatic amines is 1. The number of nitrogen functional groups attached to an aromatic ring is 1. The summed E-state index contributed by atoms with van der Waals surface area (Å²) in [6.07, 6.45) is 3.32. The van der Waals surface area contributed by atoms with Gasteiger partial charge in [0.2, 0.25) is 0 Å². The first-order valence-electron chi connectivity index (χ1n) is 10.6. The maximum Gasteiger partial charge on any atom is 0.259 e. The number of rotatable bonds is 4. The van der Waals surface area contributed by atoms with Crippen LogP contribution in [0.3, 0.4) is 0 Å². The highest BCUT2D eigenvalue weighted by Crippen LogP contribution is 2.37. The number of hydrogen-bond donors (Lipinski definition) is 3. The minimum Gasteiger partial charge on any atom is -0.381 e. The summed E-state index contributed by atoms with van der Waals surface area (Å²) in [5.74, 6) is 6.02. The fourth-order valence-corrected chi connectivity index (χ4v) is 4.20. The van der Waals surface area contributed by atoms with Crippen LogP contribution in [-0.2, 0) is 0 Å². The van der Waals surface area contributed by atoms with Gasteiger partial charge in [-0.25, -0.2) is 9.50 Å². The van der Waals surface area contributed by atoms with E-state index >= 15 is 0 Å². The second-order valence-electron chi connectivity index (χ2n) is 7.73. The number of aromatic nitrogens is 4. The molecule has 1 unspecified atom stereocenters. The van der Waals surface area contributed by atoms with Gasteiger partial charge >= 0.3 is 0 Å². The van der Waals surface area contributed by atoms with E-state index in [-0.39, 0.29) is 23.3 Å². The summed E-state index contributed by atoms with van der Waals surface area (Å²) in [5.41, 5.74) is 11.6. The highest BCUT2D eigenvalue weighted by molar-refractivity contribution is 6.05. The molecule has 162 valence electrons. The van der Waals surface area contributed by atoms with Gasteiger partial charge in [-0.1, -0.05) is 42.3 Å². The van der Waals surface area contributed by atoms with Gasteiger partial charge in [0.25, 0.3) is 5.91 Å². The molecule has 4 N–H and O–H groups in total. The molecule has 3 heterocycles. The normalized spacial score (nSPS) is 11.8. The van der Waals surface area contributed by atoms with E-state index in [9.17, 15) is 4.79 Å². The first-order chi connectivity index (χ1) is 16.1. The van der Waals surface area contributed by atoms with Crippen LogP contribution in [-0.4, -0.2) is 25.5 Å². The third-order valence-electron chi connectivity index (χ3n) is 5.61. The number of benzene rings is 2. The second-order valence-corrected chi connectivity index (χ2v) is 7.73. The van der Waals surface area contributed by atoms with Crippen molar-refractivity contribution in [1.82, 2.24) is 24.9 Å². The Balaban J connectivity index is 1.62. The quantitative estimate of drug-likeness (QED) is 0.367. The van der Waals surface area contributed by atoms with Gasteiger partial charge in [0.05, 0.1) is 6.04 Å². The number of hydrogen-bond acceptors (Lipinski definition) is 4. The number of nitrogens with zero attached hydrogens (tertiary/aromatic N) is 3. The van der Waals surface area contributed by atoms with E-state index in [0.29, 0.717) is 5.65 Å². The Morgan fingerprint density at radius 1 is 1.15 bits per heavy atom. The van der Waals surface area contributed by atoms with Gasteiger partial charge in [-0.15, -0.1) is 11.0 Å². The van der Waals surface area contributed by atoms with Gasteiger partial charge in [-0.05, 0) is 37.6 Å². The molecule has 1 amide bonds. The number of nitrogens with two attached hydrogens (primary N) is 1. The Labute approximate surface area is 190 Å². The lowest BCUT2D eigenvalue weighted by molar-refractivity contribution is 0.0941. The maximum atomic E-state index is 13.2. The van der Waals surface area contributed by atoms with E-state index in [4.69, 9.17) is 5.73 Å². The molecule has 0 fully saturated rings. The topological polar surface area (TPSA) is 101 Å². The molecule has 3 aromatic heterocycles. The molecule has 0 aliphatic heterocycles. The van der Waals surface area contributed by atoms with E-state index < -0.39 is 0 Å². The van der Waals surface area contributed by atoms with Gasteiger partial charge < -0.3 is 16.0 Å². The molecule has 0 bridgehead atoms. The van der Waals surface area contributed by atoms with Gasteiger partial charge in [-0.2, -0.15) is 0 Å². The van der Waals surface area contributed by atoms with Crippen molar-refractivity contribution < 1.29 is 4.79 Å². The largest absolute Gasteiger partial charge is 0.381 e. The van der Waals surface area contributed by atoms with Crippen LogP contribution in [0.1, 0.15) is 41.5 Å². The number of amides is 1. The summed E-state index contributed by atoms with van der Waals surface area (Å²) < 4.78 is 1.50. The summed E-state index contributed by atoms with van der Waals surface area (Å²) in [4.78, 5) is 21.0. The van der Waals surface area contributed by atoms with Gasteiger partial charge in [0.1, 0.15) is 5.56 Å². The van der Waals surface area contributed by atoms with Crippen molar-refractivity contribution in [2.24, 2.45) is 0 Å². The van der Waals surface area contributed by atoms with E-state index in [1.807, 2.05) is 50.2 Å². The molecular formula is C26H22N6O. The zero-order valence-corrected chi connectivity index (χ0v) is 18.3. The third-order valence-corrected chi connectivity index (χ3v) is 5.61. The molecule has 7 heteroatoms. The predicted octanol–water partition coefficient (Wildman–Crippen LogP) is 4.32. The van der Waals surface area contributed by atoms with E-state index in [0.717, 1.165) is 33.3 Å². The van der Waals surface area contributed by atoms with Crippen molar-refractivity contribution >= 4 is 28.3 Å². The molecule has 0 aliphatic rings. The fourth-order valence-electron chi connectivity index (χ4n) is 4.20. The standard InChI is InChI=1S/C26H22N6O/c1-3-9-17-12-7-13-19-20(17)21(18-10-5-4-6-11-18)23(30-19)16(2)29-26(33)22-24(27)31-32-15-8-14-28-25(22)32/h4-8,10-16,30H,1-2H3,(H2,27,31)(H,29,33). The lowest BCUT2D eigenvalue weighted by atomic mass is 9.96. The number of anilines is 1. The summed E-state index contributed by atoms with van der Waals surface area (Å²) >= 11 is 0. The van der Waals surface area contributed by atoms with Crippen molar-refractivity contribution in [1.29, 1.82) is 0 Å². The van der Waals surface area contributed by atoms with Crippen LogP contribution in [0.25, 0.3) is 27.7 Å². The Hall–Kier alpha value is -4.57. The first kappa shape index (κ1) is 20.3. The van der Waals surface area contributed by atoms with Gasteiger partial charge in [-0.3, -0.25) is 4.79 Å². The fraction of sp³-hybridized carbons (Fsp3) is 0.115. The Bertz CT molecular complexity index is 1550. The van der Waals surface area contributed by atoms with Crippen LogP contribution >= 0.6 is 0 Å². The van der Waals surface area contributed by atoms with Crippen molar-refractivity contribution in [2.75, 3.05) is 5.73 Å². The van der Waals surface area contributed by atoms with Crippen molar-refractivity contribution in [2.45, 2.75) is 19.9 Å². The lowest BCUT2D eigenvalue weighted by Gasteiger charge is -2.15. The minimum absolute atomic E-state index is 0.138. The van der Waals surface area contributed by atoms with Gasteiger partial charge in [0.15, 0.2) is 11.5 Å². The molecule has 2 aromatic carbocycles. The molecular weight excluding hydrogens is 412 g/mol. The molecule has 0 saturated heterocycles. The average Bonchev–Trinajstić information content (AvgIpc) is 3.38. The molecule has 0 spiro atoms. The summed E-state index contributed by atoms with van der Waals surface area (Å²) in [7, 11) is 0. The molecule has 5 aromatic rings. The van der Waals surface area contributed by atoms with E-state index in [2.05, 4.69) is 44.4 Å². The Kier molecular flexibility index (Phi) is 5.04. The summed E-state index contributed by atoms with van der Waals surface area (Å²) in [6, 6.07) is 17.5. The average molecular weight is 435 g/mol. The van der Waals surface area contributed by atoms with Crippen molar-refractivity contribution in [3.63, 3.8) is 0 Å². The molecule has 33 heavy (non-hydrogen) atoms. The van der Waals surface area contributed by atoms with Crippen LogP contribution in [0.2, 0.25) is 0 Å². The maximum absolute atomic E-state index is 13.2. The SMILES string of the molecule is CC#Cc1cccc2[nH]c(C(C)NC(=O)c3c(N)nn4cccnc34)c(-c3ccccc3)c12. The van der Waals surface area contributed by atoms with E-state index in [1.165, 1.54) is 4.52 Å². The zero-order chi connectivity index (χ0) is 22.9. The molecule has 0 aliphatic carbocycles. The number of nitrogens with one attached hydrogen (secondary N) is 2. The highest BCUT2D eigenvalue weighted by Gasteiger charge is 2.24. The first-order valence-corrected chi connectivity index (χ1v) is 10.6. The molecule has 0 radical (unpaired) electrons. The van der Waals surface area contributed by atoms with Crippen LogP contribution in [0.4, 0.5) is 5.82 Å². The molecule has 7 nitrogen and oxygen atoms in total. The monoisotopic (exact) mass is 434 g/mol. The number of fused-ring (bicyclic) bond motifs is 2. The van der Waals surface area contributed by atoms with Crippen molar-refractivity contribution in [3.05, 3.63) is 83.8 Å². The number of carbonyl (C=O) groups excluding carboxylic acids is 1. The second kappa shape index (κ2) is 8.17. The summed E-state index contributed by atoms with van der Waals surface area (Å²) in [6.45, 7) is 3.77. The van der Waals surface area contributed by atoms with Crippen LogP contribution in [0.5, 0.6) is 0 Å². The van der Waals surface area contributed by atoms with Crippen LogP contribution in [0.15, 0.2) is 67.0 Å². The van der Waals surface area contributed by atoms with E-state index in [1.54, 1.807) is 18.5 Å². The highest BCUT2D eigenvalue weighted by atomic mass is 16.1. The molecule has 0 saturated carbocycles. The minimum atomic E-state index is -0.347. The van der Waals surface area contributed by atoms with Crippen molar-refractivity contribution in [3.8, 4) is 23.0 Å². The Morgan fingerprint density at radius 2 is 1.97 bits per heavy atom. The lowest BCUT2D eigenvalue weighted by Crippen LogP contribution is -2.28. The van der Waals surface area contributed by atoms with Crippen LogP contribution < -0.4 is 11.1 Å². The predicted molar refractivity (Wildman–Crippen MR) is 130 cm³/mol. The third kappa shape index (κ3) is 3.48. The molecule has 5 rings (SSSR count). The van der Waals surface area contributed by atoms with Crippen LogP contribution in [0, 0.1) is 11.8 Å². The number of H-pyrrole nitrogens is 1. The zero-order valence-electron chi connectivity index (χ0n) is 18.3. The smallest absolute Gasteiger partial charge is 0.259 e. The van der Waals surface area contributed by atoms with Gasteiger partial charge in [0, 0.05) is 40.1 Å².